The average molecular weight is 406 g/mol. The summed E-state index contributed by atoms with van der Waals surface area (Å²) in [6.07, 6.45) is 3.38. The summed E-state index contributed by atoms with van der Waals surface area (Å²) >= 11 is 3.44. The summed E-state index contributed by atoms with van der Waals surface area (Å²) in [6.45, 7) is 0. The fourth-order valence-electron chi connectivity index (χ4n) is 2.60. The number of benzene rings is 2. The first-order chi connectivity index (χ1) is 12.0. The number of unbranched alkanes of at least 4 members (excludes halogenated alkanes) is 1. The summed E-state index contributed by atoms with van der Waals surface area (Å²) in [5.41, 5.74) is 2.10. The van der Waals surface area contributed by atoms with Gasteiger partial charge in [0.1, 0.15) is 0 Å². The molecule has 0 radical (unpaired) electrons. The third kappa shape index (κ3) is 5.49. The minimum Gasteiger partial charge on any atom is -0.493 e. The van der Waals surface area contributed by atoms with Gasteiger partial charge < -0.3 is 14.4 Å². The highest BCUT2D eigenvalue weighted by atomic mass is 79.9. The summed E-state index contributed by atoms with van der Waals surface area (Å²) in [7, 11) is 4.97. The van der Waals surface area contributed by atoms with Gasteiger partial charge in [0.05, 0.1) is 14.2 Å². The number of anilines is 1. The maximum Gasteiger partial charge on any atom is 0.226 e. The number of nitrogens with zero attached hydrogens (tertiary/aromatic N) is 1. The van der Waals surface area contributed by atoms with Gasteiger partial charge >= 0.3 is 0 Å². The Kier molecular flexibility index (Phi) is 7.31. The van der Waals surface area contributed by atoms with Crippen LogP contribution in [0.2, 0.25) is 0 Å². The van der Waals surface area contributed by atoms with Crippen molar-refractivity contribution < 1.29 is 14.3 Å². The number of rotatable bonds is 8. The Morgan fingerprint density at radius 1 is 1.00 bits per heavy atom. The van der Waals surface area contributed by atoms with Gasteiger partial charge in [0.15, 0.2) is 11.5 Å². The molecule has 0 heterocycles. The predicted molar refractivity (Wildman–Crippen MR) is 105 cm³/mol. The molecule has 2 aromatic rings. The number of carbonyl (C=O) groups is 1. The number of hydrogen-bond acceptors (Lipinski definition) is 3. The molecule has 0 aliphatic rings. The molecule has 0 fully saturated rings. The molecule has 0 aliphatic heterocycles. The van der Waals surface area contributed by atoms with Crippen LogP contribution in [-0.4, -0.2) is 27.2 Å². The standard InChI is InChI=1S/C20H24BrNO3/c1-22(17-12-13-18(24-2)19(14-17)25-3)20(23)7-5-4-6-15-8-10-16(21)11-9-15/h8-14H,4-7H2,1-3H3. The van der Waals surface area contributed by atoms with Crippen molar-refractivity contribution in [2.24, 2.45) is 0 Å². The minimum absolute atomic E-state index is 0.100. The van der Waals surface area contributed by atoms with E-state index in [0.29, 0.717) is 17.9 Å². The van der Waals surface area contributed by atoms with Crippen molar-refractivity contribution in [2.45, 2.75) is 25.7 Å². The van der Waals surface area contributed by atoms with Crippen molar-refractivity contribution in [3.05, 3.63) is 52.5 Å². The Morgan fingerprint density at radius 2 is 1.68 bits per heavy atom. The van der Waals surface area contributed by atoms with Crippen LogP contribution in [0, 0.1) is 0 Å². The molecular formula is C20H24BrNO3. The number of carbonyl (C=O) groups excluding carboxylic acids is 1. The molecule has 0 saturated carbocycles. The van der Waals surface area contributed by atoms with Gasteiger partial charge in [-0.05, 0) is 49.1 Å². The largest absolute Gasteiger partial charge is 0.493 e. The summed E-state index contributed by atoms with van der Waals surface area (Å²) in [6, 6.07) is 13.8. The van der Waals surface area contributed by atoms with Gasteiger partial charge in [-0.1, -0.05) is 28.1 Å². The van der Waals surface area contributed by atoms with Gasteiger partial charge in [-0.3, -0.25) is 4.79 Å². The van der Waals surface area contributed by atoms with Crippen molar-refractivity contribution in [1.29, 1.82) is 0 Å². The molecule has 0 unspecified atom stereocenters. The average Bonchev–Trinajstić information content (AvgIpc) is 2.65. The molecule has 0 atom stereocenters. The lowest BCUT2D eigenvalue weighted by Gasteiger charge is -2.19. The molecule has 1 amide bonds. The predicted octanol–water partition coefficient (Wildman–Crippen LogP) is 4.84. The lowest BCUT2D eigenvalue weighted by atomic mass is 10.1. The van der Waals surface area contributed by atoms with Gasteiger partial charge in [0.2, 0.25) is 5.91 Å². The third-order valence-electron chi connectivity index (χ3n) is 4.15. The van der Waals surface area contributed by atoms with E-state index in [2.05, 4.69) is 28.1 Å². The fraction of sp³-hybridized carbons (Fsp3) is 0.350. The SMILES string of the molecule is COc1ccc(N(C)C(=O)CCCCc2ccc(Br)cc2)cc1OC. The summed E-state index contributed by atoms with van der Waals surface area (Å²) in [4.78, 5) is 14.1. The van der Waals surface area contributed by atoms with Crippen LogP contribution in [0.25, 0.3) is 0 Å². The van der Waals surface area contributed by atoms with Crippen molar-refractivity contribution in [3.63, 3.8) is 0 Å². The number of amides is 1. The maximum atomic E-state index is 12.4. The van der Waals surface area contributed by atoms with Crippen molar-refractivity contribution >= 4 is 27.5 Å². The molecule has 5 heteroatoms. The number of aryl methyl sites for hydroxylation is 1. The van der Waals surface area contributed by atoms with Crippen LogP contribution in [0.5, 0.6) is 11.5 Å². The van der Waals surface area contributed by atoms with Crippen LogP contribution in [0.4, 0.5) is 5.69 Å². The summed E-state index contributed by atoms with van der Waals surface area (Å²) in [5.74, 6) is 1.37. The molecule has 0 spiro atoms. The molecule has 0 aliphatic carbocycles. The van der Waals surface area contributed by atoms with E-state index in [9.17, 15) is 4.79 Å². The molecular weight excluding hydrogens is 382 g/mol. The maximum absolute atomic E-state index is 12.4. The van der Waals surface area contributed by atoms with Crippen LogP contribution in [-0.2, 0) is 11.2 Å². The van der Waals surface area contributed by atoms with Crippen LogP contribution < -0.4 is 14.4 Å². The second-order valence-electron chi connectivity index (χ2n) is 5.83. The van der Waals surface area contributed by atoms with E-state index < -0.39 is 0 Å². The molecule has 25 heavy (non-hydrogen) atoms. The number of methoxy groups -OCH3 is 2. The second-order valence-corrected chi connectivity index (χ2v) is 6.74. The minimum atomic E-state index is 0.100. The second kappa shape index (κ2) is 9.47. The Morgan fingerprint density at radius 3 is 2.32 bits per heavy atom. The first-order valence-electron chi connectivity index (χ1n) is 8.28. The number of ether oxygens (including phenoxy) is 2. The quantitative estimate of drug-likeness (QED) is 0.589. The van der Waals surface area contributed by atoms with E-state index >= 15 is 0 Å². The van der Waals surface area contributed by atoms with Crippen molar-refractivity contribution in [2.75, 3.05) is 26.2 Å². The molecule has 4 nitrogen and oxygen atoms in total. The zero-order valence-corrected chi connectivity index (χ0v) is 16.5. The zero-order valence-electron chi connectivity index (χ0n) is 14.9. The van der Waals surface area contributed by atoms with Crippen LogP contribution in [0.15, 0.2) is 46.9 Å². The molecule has 0 bridgehead atoms. The Bertz CT molecular complexity index is 701. The highest BCUT2D eigenvalue weighted by Gasteiger charge is 2.13. The topological polar surface area (TPSA) is 38.8 Å². The lowest BCUT2D eigenvalue weighted by Crippen LogP contribution is -2.25. The van der Waals surface area contributed by atoms with Crippen LogP contribution >= 0.6 is 15.9 Å². The van der Waals surface area contributed by atoms with E-state index in [1.54, 1.807) is 26.2 Å². The summed E-state index contributed by atoms with van der Waals surface area (Å²) < 4.78 is 11.6. The zero-order chi connectivity index (χ0) is 18.2. The van der Waals surface area contributed by atoms with Gasteiger partial charge in [-0.2, -0.15) is 0 Å². The normalized spacial score (nSPS) is 10.4. The third-order valence-corrected chi connectivity index (χ3v) is 4.68. The first-order valence-corrected chi connectivity index (χ1v) is 9.07. The van der Waals surface area contributed by atoms with E-state index in [1.165, 1.54) is 5.56 Å². The van der Waals surface area contributed by atoms with Crippen LogP contribution in [0.3, 0.4) is 0 Å². The highest BCUT2D eigenvalue weighted by molar-refractivity contribution is 9.10. The fourth-order valence-corrected chi connectivity index (χ4v) is 2.87. The smallest absolute Gasteiger partial charge is 0.226 e. The molecule has 2 aromatic carbocycles. The monoisotopic (exact) mass is 405 g/mol. The van der Waals surface area contributed by atoms with Gasteiger partial charge in [0, 0.05) is 29.7 Å². The number of halogens is 1. The van der Waals surface area contributed by atoms with Gasteiger partial charge in [-0.15, -0.1) is 0 Å². The molecule has 134 valence electrons. The summed E-state index contributed by atoms with van der Waals surface area (Å²) in [5, 5.41) is 0. The van der Waals surface area contributed by atoms with Crippen molar-refractivity contribution in [1.82, 2.24) is 0 Å². The number of hydrogen-bond donors (Lipinski definition) is 0. The Hall–Kier alpha value is -2.01. The van der Waals surface area contributed by atoms with E-state index in [4.69, 9.17) is 9.47 Å². The van der Waals surface area contributed by atoms with Gasteiger partial charge in [-0.25, -0.2) is 0 Å². The molecule has 2 rings (SSSR count). The van der Waals surface area contributed by atoms with E-state index in [-0.39, 0.29) is 5.91 Å². The van der Waals surface area contributed by atoms with Crippen molar-refractivity contribution in [3.8, 4) is 11.5 Å². The van der Waals surface area contributed by atoms with Crippen LogP contribution in [0.1, 0.15) is 24.8 Å². The lowest BCUT2D eigenvalue weighted by molar-refractivity contribution is -0.118. The van der Waals surface area contributed by atoms with E-state index in [0.717, 1.165) is 29.4 Å². The highest BCUT2D eigenvalue weighted by Crippen LogP contribution is 2.31. The Labute approximate surface area is 157 Å². The van der Waals surface area contributed by atoms with E-state index in [1.807, 2.05) is 30.3 Å². The molecule has 0 aromatic heterocycles. The molecule has 0 saturated heterocycles. The first kappa shape index (κ1) is 19.3. The van der Waals surface area contributed by atoms with Gasteiger partial charge in [0.25, 0.3) is 0 Å². The molecule has 0 N–H and O–H groups in total. The Balaban J connectivity index is 1.84.